The minimum absolute atomic E-state index is 0.00364. The number of pyridine rings is 2. The van der Waals surface area contributed by atoms with Gasteiger partial charge in [-0.25, -0.2) is 23.1 Å². The van der Waals surface area contributed by atoms with Gasteiger partial charge in [0.2, 0.25) is 6.30 Å². The Morgan fingerprint density at radius 2 is 2.12 bits per heavy atom. The molecule has 1 unspecified atom stereocenters. The highest BCUT2D eigenvalue weighted by molar-refractivity contribution is 5.95. The molecule has 9 nitrogen and oxygen atoms in total. The molecule has 4 rings (SSSR count). The van der Waals surface area contributed by atoms with E-state index in [9.17, 15) is 18.0 Å². The van der Waals surface area contributed by atoms with Gasteiger partial charge < -0.3 is 24.3 Å². The van der Waals surface area contributed by atoms with E-state index in [1.807, 2.05) is 0 Å². The number of amides is 1. The molecule has 33 heavy (non-hydrogen) atoms. The summed E-state index contributed by atoms with van der Waals surface area (Å²) >= 11 is 0. The van der Waals surface area contributed by atoms with Crippen molar-refractivity contribution in [3.8, 4) is 22.8 Å². The van der Waals surface area contributed by atoms with Crippen molar-refractivity contribution >= 4 is 11.6 Å². The molecule has 1 aliphatic rings. The van der Waals surface area contributed by atoms with Gasteiger partial charge in [0, 0.05) is 24.0 Å². The van der Waals surface area contributed by atoms with Crippen LogP contribution in [0, 0.1) is 0 Å². The van der Waals surface area contributed by atoms with Gasteiger partial charge in [-0.3, -0.25) is 9.20 Å². The molecular formula is C21H21F3N4O5. The Hall–Kier alpha value is -3.38. The Balaban J connectivity index is 1.52. The summed E-state index contributed by atoms with van der Waals surface area (Å²) in [5.41, 5.74) is 1.46. The number of hydrogen-bond acceptors (Lipinski definition) is 7. The zero-order chi connectivity index (χ0) is 23.4. The van der Waals surface area contributed by atoms with Crippen LogP contribution in [0.15, 0.2) is 36.8 Å². The quantitative estimate of drug-likeness (QED) is 0.510. The SMILES string of the molecule is COc1cc(-c2cnc3cc(OC[C@H]4COCCO4)ccn23)cnc1C(=O)NC(F)C(F)F. The summed E-state index contributed by atoms with van der Waals surface area (Å²) in [6, 6.07) is 5.01. The molecule has 0 bridgehead atoms. The highest BCUT2D eigenvalue weighted by Crippen LogP contribution is 2.27. The minimum atomic E-state index is -3.35. The van der Waals surface area contributed by atoms with Crippen LogP contribution in [0.25, 0.3) is 16.9 Å². The lowest BCUT2D eigenvalue weighted by molar-refractivity contribution is -0.101. The van der Waals surface area contributed by atoms with Crippen LogP contribution in [0.3, 0.4) is 0 Å². The van der Waals surface area contributed by atoms with E-state index in [0.29, 0.717) is 49.1 Å². The molecule has 176 valence electrons. The molecule has 1 N–H and O–H groups in total. The highest BCUT2D eigenvalue weighted by atomic mass is 19.3. The van der Waals surface area contributed by atoms with Crippen LogP contribution in [0.4, 0.5) is 13.2 Å². The van der Waals surface area contributed by atoms with Crippen molar-refractivity contribution in [2.45, 2.75) is 18.8 Å². The van der Waals surface area contributed by atoms with Gasteiger partial charge in [0.1, 0.15) is 24.1 Å². The van der Waals surface area contributed by atoms with Gasteiger partial charge in [0.25, 0.3) is 12.3 Å². The average molecular weight is 466 g/mol. The molecule has 0 aliphatic carbocycles. The second-order valence-corrected chi connectivity index (χ2v) is 7.10. The predicted octanol–water partition coefficient (Wildman–Crippen LogP) is 2.49. The number of alkyl halides is 3. The smallest absolute Gasteiger partial charge is 0.287 e. The van der Waals surface area contributed by atoms with Crippen molar-refractivity contribution in [3.63, 3.8) is 0 Å². The maximum atomic E-state index is 13.2. The summed E-state index contributed by atoms with van der Waals surface area (Å²) in [6.07, 6.45) is -1.59. The van der Waals surface area contributed by atoms with E-state index in [1.54, 1.807) is 34.2 Å². The van der Waals surface area contributed by atoms with Gasteiger partial charge in [-0.2, -0.15) is 0 Å². The number of nitrogens with one attached hydrogen (secondary N) is 1. The fraction of sp³-hybridized carbons (Fsp3) is 0.381. The normalized spacial score (nSPS) is 17.2. The third-order valence-corrected chi connectivity index (χ3v) is 4.88. The first kappa shape index (κ1) is 22.8. The molecule has 1 fully saturated rings. The molecule has 1 amide bonds. The van der Waals surface area contributed by atoms with Crippen LogP contribution in [0.2, 0.25) is 0 Å². The van der Waals surface area contributed by atoms with Crippen LogP contribution < -0.4 is 14.8 Å². The number of hydrogen-bond donors (Lipinski definition) is 1. The van der Waals surface area contributed by atoms with Crippen molar-refractivity contribution in [1.82, 2.24) is 19.7 Å². The Morgan fingerprint density at radius 1 is 1.27 bits per heavy atom. The van der Waals surface area contributed by atoms with Crippen molar-refractivity contribution in [2.75, 3.05) is 33.5 Å². The number of rotatable bonds is 8. The van der Waals surface area contributed by atoms with Gasteiger partial charge in [-0.05, 0) is 12.1 Å². The Morgan fingerprint density at radius 3 is 2.85 bits per heavy atom. The van der Waals surface area contributed by atoms with Gasteiger partial charge in [-0.1, -0.05) is 0 Å². The second kappa shape index (κ2) is 10.0. The van der Waals surface area contributed by atoms with Crippen LogP contribution in [-0.2, 0) is 9.47 Å². The number of imidazole rings is 1. The number of carbonyl (C=O) groups excluding carboxylic acids is 1. The monoisotopic (exact) mass is 466 g/mol. The summed E-state index contributed by atoms with van der Waals surface area (Å²) in [7, 11) is 1.29. The van der Waals surface area contributed by atoms with Crippen LogP contribution >= 0.6 is 0 Å². The number of aromatic nitrogens is 3. The van der Waals surface area contributed by atoms with E-state index < -0.39 is 18.6 Å². The fourth-order valence-electron chi connectivity index (χ4n) is 3.25. The zero-order valence-corrected chi connectivity index (χ0v) is 17.5. The Bertz CT molecular complexity index is 1120. The molecule has 2 atom stereocenters. The summed E-state index contributed by atoms with van der Waals surface area (Å²) in [5.74, 6) is -0.508. The number of fused-ring (bicyclic) bond motifs is 1. The molecule has 3 aromatic rings. The lowest BCUT2D eigenvalue weighted by Crippen LogP contribution is -2.37. The number of halogens is 3. The van der Waals surface area contributed by atoms with Crippen molar-refractivity contribution in [1.29, 1.82) is 0 Å². The molecule has 12 heteroatoms. The van der Waals surface area contributed by atoms with E-state index in [-0.39, 0.29) is 17.5 Å². The Kier molecular flexibility index (Phi) is 6.94. The van der Waals surface area contributed by atoms with Crippen LogP contribution in [-0.4, -0.2) is 72.6 Å². The lowest BCUT2D eigenvalue weighted by atomic mass is 10.2. The Labute approximate surface area is 186 Å². The molecule has 1 saturated heterocycles. The molecule has 1 aliphatic heterocycles. The van der Waals surface area contributed by atoms with E-state index in [1.165, 1.54) is 19.4 Å². The first-order chi connectivity index (χ1) is 16.0. The first-order valence-electron chi connectivity index (χ1n) is 10.0. The molecule has 0 radical (unpaired) electrons. The minimum Gasteiger partial charge on any atom is -0.494 e. The summed E-state index contributed by atoms with van der Waals surface area (Å²) < 4.78 is 61.6. The van der Waals surface area contributed by atoms with E-state index in [0.717, 1.165) is 0 Å². The van der Waals surface area contributed by atoms with Crippen LogP contribution in [0.5, 0.6) is 11.5 Å². The zero-order valence-electron chi connectivity index (χ0n) is 17.5. The van der Waals surface area contributed by atoms with E-state index >= 15 is 0 Å². The largest absolute Gasteiger partial charge is 0.494 e. The number of ether oxygens (including phenoxy) is 4. The second-order valence-electron chi connectivity index (χ2n) is 7.10. The summed E-state index contributed by atoms with van der Waals surface area (Å²) in [4.78, 5) is 20.4. The molecule has 0 aromatic carbocycles. The molecular weight excluding hydrogens is 445 g/mol. The number of carbonyl (C=O) groups is 1. The van der Waals surface area contributed by atoms with Crippen molar-refractivity contribution in [2.24, 2.45) is 0 Å². The van der Waals surface area contributed by atoms with Crippen molar-refractivity contribution in [3.05, 3.63) is 42.5 Å². The molecule has 0 spiro atoms. The number of nitrogens with zero attached hydrogens (tertiary/aromatic N) is 3. The summed E-state index contributed by atoms with van der Waals surface area (Å²) in [6.45, 7) is 1.94. The maximum Gasteiger partial charge on any atom is 0.287 e. The molecule has 3 aromatic heterocycles. The van der Waals surface area contributed by atoms with E-state index in [2.05, 4.69) is 9.97 Å². The van der Waals surface area contributed by atoms with Gasteiger partial charge in [0.15, 0.2) is 11.4 Å². The van der Waals surface area contributed by atoms with Gasteiger partial charge in [0.05, 0.1) is 38.8 Å². The van der Waals surface area contributed by atoms with E-state index in [4.69, 9.17) is 18.9 Å². The average Bonchev–Trinajstić information content (AvgIpc) is 3.26. The predicted molar refractivity (Wildman–Crippen MR) is 109 cm³/mol. The third-order valence-electron chi connectivity index (χ3n) is 4.88. The highest BCUT2D eigenvalue weighted by Gasteiger charge is 2.25. The first-order valence-corrected chi connectivity index (χ1v) is 10.0. The fourth-order valence-corrected chi connectivity index (χ4v) is 3.25. The molecule has 4 heterocycles. The molecule has 0 saturated carbocycles. The van der Waals surface area contributed by atoms with Crippen molar-refractivity contribution < 1.29 is 36.9 Å². The lowest BCUT2D eigenvalue weighted by Gasteiger charge is -2.22. The van der Waals surface area contributed by atoms with Gasteiger partial charge >= 0.3 is 0 Å². The topological polar surface area (TPSA) is 96.2 Å². The standard InChI is InChI=1S/C21H21F3N4O5/c1-30-16-6-12(8-26-18(16)21(29)27-20(24)19(22)23)15-9-25-17-7-13(2-3-28(15)17)33-11-14-10-31-4-5-32-14/h2-3,6-9,14,19-20H,4-5,10-11H2,1H3,(H,27,29)/t14-,20?/m1/s1. The number of methoxy groups -OCH3 is 1. The van der Waals surface area contributed by atoms with Crippen LogP contribution in [0.1, 0.15) is 10.5 Å². The third kappa shape index (κ3) is 5.17. The van der Waals surface area contributed by atoms with Gasteiger partial charge in [-0.15, -0.1) is 0 Å². The summed E-state index contributed by atoms with van der Waals surface area (Å²) in [5, 5.41) is 1.55. The maximum absolute atomic E-state index is 13.2.